The molecule has 0 unspecified atom stereocenters. The first-order valence-electron chi connectivity index (χ1n) is 4.63. The van der Waals surface area contributed by atoms with Gasteiger partial charge < -0.3 is 9.64 Å². The van der Waals surface area contributed by atoms with Crippen molar-refractivity contribution in [2.45, 2.75) is 37.2 Å². The molecule has 3 nitrogen and oxygen atoms in total. The number of rotatable bonds is 1. The van der Waals surface area contributed by atoms with Gasteiger partial charge in [-0.3, -0.25) is 0 Å². The lowest BCUT2D eigenvalue weighted by Crippen LogP contribution is -2.34. The van der Waals surface area contributed by atoms with Crippen molar-refractivity contribution in [1.82, 2.24) is 4.90 Å². The van der Waals surface area contributed by atoms with Crippen LogP contribution in [0.25, 0.3) is 0 Å². The van der Waals surface area contributed by atoms with Crippen LogP contribution in [-0.4, -0.2) is 36.6 Å². The predicted molar refractivity (Wildman–Crippen MR) is 52.1 cm³/mol. The van der Waals surface area contributed by atoms with Crippen LogP contribution in [0.15, 0.2) is 0 Å². The predicted octanol–water partition coefficient (Wildman–Crippen LogP) is 2.23. The van der Waals surface area contributed by atoms with E-state index in [9.17, 15) is 4.79 Å². The molecule has 0 heterocycles. The zero-order valence-corrected chi connectivity index (χ0v) is 8.88. The van der Waals surface area contributed by atoms with Crippen molar-refractivity contribution in [3.8, 4) is 0 Å². The van der Waals surface area contributed by atoms with Gasteiger partial charge in [0.05, 0.1) is 5.38 Å². The largest absolute Gasteiger partial charge is 0.445 e. The van der Waals surface area contributed by atoms with Crippen molar-refractivity contribution in [1.29, 1.82) is 0 Å². The molecule has 1 fully saturated rings. The first-order valence-corrected chi connectivity index (χ1v) is 5.07. The monoisotopic (exact) mass is 205 g/mol. The third-order valence-electron chi connectivity index (χ3n) is 2.24. The molecule has 1 aliphatic carbocycles. The Kier molecular flexibility index (Phi) is 3.85. The molecular formula is C9H16ClNO2. The summed E-state index contributed by atoms with van der Waals surface area (Å²) in [6, 6.07) is 0. The van der Waals surface area contributed by atoms with Gasteiger partial charge in [0.25, 0.3) is 0 Å². The van der Waals surface area contributed by atoms with E-state index in [0.717, 1.165) is 25.7 Å². The Bertz CT molecular complexity index is 184. The average Bonchev–Trinajstić information content (AvgIpc) is 2.08. The molecule has 1 rings (SSSR count). The van der Waals surface area contributed by atoms with Crippen LogP contribution >= 0.6 is 11.6 Å². The van der Waals surface area contributed by atoms with Crippen molar-refractivity contribution in [2.75, 3.05) is 14.1 Å². The number of amides is 1. The SMILES string of the molecule is CN(C)C(=O)O[C@@H]1CCCC[C@H]1Cl. The Balaban J connectivity index is 2.38. The van der Waals surface area contributed by atoms with Crippen molar-refractivity contribution in [3.63, 3.8) is 0 Å². The fourth-order valence-electron chi connectivity index (χ4n) is 1.42. The number of hydrogen-bond donors (Lipinski definition) is 0. The maximum absolute atomic E-state index is 11.2. The van der Waals surface area contributed by atoms with E-state index < -0.39 is 0 Å². The minimum atomic E-state index is -0.294. The van der Waals surface area contributed by atoms with Gasteiger partial charge in [-0.05, 0) is 19.3 Å². The zero-order chi connectivity index (χ0) is 9.84. The second-order valence-electron chi connectivity index (χ2n) is 3.62. The fourth-order valence-corrected chi connectivity index (χ4v) is 1.75. The van der Waals surface area contributed by atoms with E-state index in [1.165, 1.54) is 4.90 Å². The van der Waals surface area contributed by atoms with Crippen LogP contribution in [0, 0.1) is 0 Å². The first-order chi connectivity index (χ1) is 6.11. The van der Waals surface area contributed by atoms with Crippen LogP contribution in [0.2, 0.25) is 0 Å². The molecule has 0 aromatic carbocycles. The van der Waals surface area contributed by atoms with Crippen LogP contribution in [0.5, 0.6) is 0 Å². The summed E-state index contributed by atoms with van der Waals surface area (Å²) in [4.78, 5) is 12.6. The molecule has 13 heavy (non-hydrogen) atoms. The molecule has 1 amide bonds. The van der Waals surface area contributed by atoms with Gasteiger partial charge in [-0.15, -0.1) is 11.6 Å². The third-order valence-corrected chi connectivity index (χ3v) is 2.74. The molecule has 0 aromatic rings. The zero-order valence-electron chi connectivity index (χ0n) is 8.12. The smallest absolute Gasteiger partial charge is 0.409 e. The minimum Gasteiger partial charge on any atom is -0.445 e. The molecule has 0 aliphatic heterocycles. The Morgan fingerprint density at radius 1 is 1.38 bits per heavy atom. The first kappa shape index (κ1) is 10.6. The van der Waals surface area contributed by atoms with Gasteiger partial charge in [0.2, 0.25) is 0 Å². The number of carbonyl (C=O) groups is 1. The molecule has 1 aliphatic rings. The van der Waals surface area contributed by atoms with E-state index in [-0.39, 0.29) is 17.6 Å². The van der Waals surface area contributed by atoms with Gasteiger partial charge in [0.15, 0.2) is 0 Å². The molecule has 1 saturated carbocycles. The highest BCUT2D eigenvalue weighted by atomic mass is 35.5. The van der Waals surface area contributed by atoms with Gasteiger partial charge in [0, 0.05) is 14.1 Å². The molecule has 0 N–H and O–H groups in total. The molecule has 0 saturated heterocycles. The second-order valence-corrected chi connectivity index (χ2v) is 4.18. The fraction of sp³-hybridized carbons (Fsp3) is 0.889. The summed E-state index contributed by atoms with van der Waals surface area (Å²) in [6.07, 6.45) is 3.71. The van der Waals surface area contributed by atoms with E-state index in [0.29, 0.717) is 0 Å². The van der Waals surface area contributed by atoms with E-state index >= 15 is 0 Å². The molecule has 0 aromatic heterocycles. The van der Waals surface area contributed by atoms with E-state index in [1.807, 2.05) is 0 Å². The van der Waals surface area contributed by atoms with Crippen LogP contribution in [-0.2, 0) is 4.74 Å². The summed E-state index contributed by atoms with van der Waals surface area (Å²) in [5, 5.41) is -0.00218. The molecule has 0 radical (unpaired) electrons. The Morgan fingerprint density at radius 3 is 2.54 bits per heavy atom. The van der Waals surface area contributed by atoms with Crippen molar-refractivity contribution < 1.29 is 9.53 Å². The summed E-state index contributed by atoms with van der Waals surface area (Å²) in [5.41, 5.74) is 0. The Hall–Kier alpha value is -0.440. The van der Waals surface area contributed by atoms with Crippen molar-refractivity contribution in [2.24, 2.45) is 0 Å². The number of hydrogen-bond acceptors (Lipinski definition) is 2. The molecule has 0 spiro atoms. The lowest BCUT2D eigenvalue weighted by atomic mass is 9.97. The van der Waals surface area contributed by atoms with Crippen molar-refractivity contribution >= 4 is 17.7 Å². The minimum absolute atomic E-state index is 0.00218. The summed E-state index contributed by atoms with van der Waals surface area (Å²) in [7, 11) is 3.35. The van der Waals surface area contributed by atoms with Crippen LogP contribution in [0.1, 0.15) is 25.7 Å². The van der Waals surface area contributed by atoms with Crippen molar-refractivity contribution in [3.05, 3.63) is 0 Å². The lowest BCUT2D eigenvalue weighted by molar-refractivity contribution is 0.0581. The summed E-state index contributed by atoms with van der Waals surface area (Å²) in [5.74, 6) is 0. The highest BCUT2D eigenvalue weighted by Crippen LogP contribution is 2.25. The van der Waals surface area contributed by atoms with Gasteiger partial charge in [-0.1, -0.05) is 6.42 Å². The summed E-state index contributed by atoms with van der Waals surface area (Å²) >= 11 is 6.04. The number of ether oxygens (including phenoxy) is 1. The lowest BCUT2D eigenvalue weighted by Gasteiger charge is -2.27. The quantitative estimate of drug-likeness (QED) is 0.615. The Labute approximate surface area is 84.0 Å². The van der Waals surface area contributed by atoms with Crippen LogP contribution in [0.4, 0.5) is 4.79 Å². The van der Waals surface area contributed by atoms with Gasteiger partial charge in [0.1, 0.15) is 6.10 Å². The number of alkyl halides is 1. The summed E-state index contributed by atoms with van der Waals surface area (Å²) in [6.45, 7) is 0. The van der Waals surface area contributed by atoms with Gasteiger partial charge in [-0.25, -0.2) is 4.79 Å². The summed E-state index contributed by atoms with van der Waals surface area (Å²) < 4.78 is 5.22. The second kappa shape index (κ2) is 4.70. The molecular weight excluding hydrogens is 190 g/mol. The highest BCUT2D eigenvalue weighted by Gasteiger charge is 2.26. The maximum atomic E-state index is 11.2. The van der Waals surface area contributed by atoms with E-state index in [2.05, 4.69) is 0 Å². The Morgan fingerprint density at radius 2 is 2.00 bits per heavy atom. The van der Waals surface area contributed by atoms with Gasteiger partial charge >= 0.3 is 6.09 Å². The molecule has 4 heteroatoms. The topological polar surface area (TPSA) is 29.5 Å². The van der Waals surface area contributed by atoms with Gasteiger partial charge in [-0.2, -0.15) is 0 Å². The number of nitrogens with zero attached hydrogens (tertiary/aromatic N) is 1. The third kappa shape index (κ3) is 3.07. The average molecular weight is 206 g/mol. The van der Waals surface area contributed by atoms with E-state index in [4.69, 9.17) is 16.3 Å². The highest BCUT2D eigenvalue weighted by molar-refractivity contribution is 6.21. The maximum Gasteiger partial charge on any atom is 0.409 e. The standard InChI is InChI=1S/C9H16ClNO2/c1-11(2)9(12)13-8-6-4-3-5-7(8)10/h7-8H,3-6H2,1-2H3/t7-,8-/m1/s1. The molecule has 2 atom stereocenters. The molecule has 0 bridgehead atoms. The van der Waals surface area contributed by atoms with Crippen LogP contribution < -0.4 is 0 Å². The van der Waals surface area contributed by atoms with Crippen LogP contribution in [0.3, 0.4) is 0 Å². The van der Waals surface area contributed by atoms with E-state index in [1.54, 1.807) is 14.1 Å². The molecule has 76 valence electrons. The normalized spacial score (nSPS) is 28.2. The number of halogens is 1. The number of carbonyl (C=O) groups excluding carboxylic acids is 1.